The fourth-order valence-corrected chi connectivity index (χ4v) is 3.51. The van der Waals surface area contributed by atoms with Crippen LogP contribution in [-0.2, 0) is 12.6 Å². The van der Waals surface area contributed by atoms with Gasteiger partial charge in [0.05, 0.1) is 6.04 Å². The van der Waals surface area contributed by atoms with Crippen LogP contribution in [0.2, 0.25) is 0 Å². The first-order chi connectivity index (χ1) is 12.1. The van der Waals surface area contributed by atoms with Crippen molar-refractivity contribution in [3.8, 4) is 0 Å². The van der Waals surface area contributed by atoms with E-state index >= 15 is 0 Å². The number of carbonyl (C=O) groups is 1. The van der Waals surface area contributed by atoms with Crippen LogP contribution in [0.15, 0.2) is 10.9 Å². The molecule has 2 amide bonds. The minimum Gasteiger partial charge on any atom is -0.339 e. The van der Waals surface area contributed by atoms with Crippen LogP contribution in [0.1, 0.15) is 74.9 Å². The summed E-state index contributed by atoms with van der Waals surface area (Å²) in [4.78, 5) is 17.2. The highest BCUT2D eigenvalue weighted by Crippen LogP contribution is 2.42. The first-order valence-electron chi connectivity index (χ1n) is 8.84. The molecule has 2 aromatic heterocycles. The van der Waals surface area contributed by atoms with Crippen molar-refractivity contribution >= 4 is 6.03 Å². The summed E-state index contributed by atoms with van der Waals surface area (Å²) in [6.45, 7) is 1.88. The van der Waals surface area contributed by atoms with E-state index in [1.54, 1.807) is 10.9 Å². The maximum Gasteiger partial charge on any atom is 0.316 e. The standard InChI is InChI=1S/C16H23N7O2/c1-10(12-21-17-9-23(12)2)18-15(24)20-16(7-3-4-8-16)14-19-13(25-22-14)11-5-6-11/h9-11H,3-8H2,1-2H3,(H2,18,20,24)/t10-/m1/s1. The predicted molar refractivity (Wildman–Crippen MR) is 87.5 cm³/mol. The van der Waals surface area contributed by atoms with Gasteiger partial charge in [-0.05, 0) is 32.6 Å². The maximum absolute atomic E-state index is 12.6. The topological polar surface area (TPSA) is 111 Å². The second-order valence-electron chi connectivity index (χ2n) is 7.14. The van der Waals surface area contributed by atoms with Crippen molar-refractivity contribution in [3.63, 3.8) is 0 Å². The fraction of sp³-hybridized carbons (Fsp3) is 0.688. The Balaban J connectivity index is 1.47. The van der Waals surface area contributed by atoms with Crippen LogP contribution in [0.3, 0.4) is 0 Å². The van der Waals surface area contributed by atoms with E-state index in [9.17, 15) is 4.79 Å². The SMILES string of the molecule is C[C@@H](NC(=O)NC1(c2noc(C3CC3)n2)CCCC1)c1nncn1C. The molecule has 25 heavy (non-hydrogen) atoms. The molecule has 2 aliphatic carbocycles. The molecule has 0 saturated heterocycles. The van der Waals surface area contributed by atoms with Gasteiger partial charge in [-0.15, -0.1) is 10.2 Å². The van der Waals surface area contributed by atoms with Crippen molar-refractivity contribution < 1.29 is 9.32 Å². The molecule has 9 nitrogen and oxygen atoms in total. The Labute approximate surface area is 145 Å². The molecule has 1 atom stereocenters. The van der Waals surface area contributed by atoms with E-state index in [0.717, 1.165) is 38.5 Å². The summed E-state index contributed by atoms with van der Waals surface area (Å²) in [6.07, 6.45) is 7.54. The molecule has 0 radical (unpaired) electrons. The monoisotopic (exact) mass is 345 g/mol. The number of aromatic nitrogens is 5. The van der Waals surface area contributed by atoms with Crippen LogP contribution in [0, 0.1) is 0 Å². The third-order valence-electron chi connectivity index (χ3n) is 5.09. The minimum absolute atomic E-state index is 0.252. The predicted octanol–water partition coefficient (Wildman–Crippen LogP) is 1.91. The second-order valence-corrected chi connectivity index (χ2v) is 7.14. The second kappa shape index (κ2) is 6.12. The average molecular weight is 345 g/mol. The summed E-state index contributed by atoms with van der Waals surface area (Å²) in [7, 11) is 1.85. The quantitative estimate of drug-likeness (QED) is 0.856. The number of hydrogen-bond acceptors (Lipinski definition) is 6. The molecule has 2 N–H and O–H groups in total. The zero-order chi connectivity index (χ0) is 17.4. The molecule has 4 rings (SSSR count). The lowest BCUT2D eigenvalue weighted by Gasteiger charge is -2.27. The van der Waals surface area contributed by atoms with Crippen molar-refractivity contribution in [1.82, 2.24) is 35.5 Å². The van der Waals surface area contributed by atoms with Crippen LogP contribution in [-0.4, -0.2) is 30.9 Å². The lowest BCUT2D eigenvalue weighted by atomic mass is 9.97. The molecule has 9 heteroatoms. The molecule has 0 aromatic carbocycles. The highest BCUT2D eigenvalue weighted by molar-refractivity contribution is 5.75. The van der Waals surface area contributed by atoms with Crippen molar-refractivity contribution in [2.45, 2.75) is 62.9 Å². The molecule has 2 saturated carbocycles. The largest absolute Gasteiger partial charge is 0.339 e. The minimum atomic E-state index is -0.541. The molecule has 134 valence electrons. The highest BCUT2D eigenvalue weighted by atomic mass is 16.5. The number of hydrogen-bond donors (Lipinski definition) is 2. The number of aryl methyl sites for hydroxylation is 1. The van der Waals surface area contributed by atoms with E-state index in [1.165, 1.54) is 0 Å². The van der Waals surface area contributed by atoms with Crippen molar-refractivity contribution in [2.75, 3.05) is 0 Å². The van der Waals surface area contributed by atoms with Gasteiger partial charge in [0, 0.05) is 13.0 Å². The van der Waals surface area contributed by atoms with Crippen LogP contribution in [0.5, 0.6) is 0 Å². The molecule has 0 bridgehead atoms. The molecule has 2 aromatic rings. The van der Waals surface area contributed by atoms with E-state index in [4.69, 9.17) is 4.52 Å². The third-order valence-corrected chi connectivity index (χ3v) is 5.09. The Bertz CT molecular complexity index is 758. The van der Waals surface area contributed by atoms with Gasteiger partial charge in [0.15, 0.2) is 11.6 Å². The highest BCUT2D eigenvalue weighted by Gasteiger charge is 2.43. The van der Waals surface area contributed by atoms with Gasteiger partial charge in [-0.2, -0.15) is 4.98 Å². The maximum atomic E-state index is 12.6. The third kappa shape index (κ3) is 3.10. The van der Waals surface area contributed by atoms with E-state index in [0.29, 0.717) is 23.5 Å². The molecule has 0 spiro atoms. The van der Waals surface area contributed by atoms with Gasteiger partial charge in [-0.25, -0.2) is 4.79 Å². The zero-order valence-electron chi connectivity index (χ0n) is 14.5. The van der Waals surface area contributed by atoms with E-state index < -0.39 is 5.54 Å². The van der Waals surface area contributed by atoms with E-state index in [2.05, 4.69) is 31.0 Å². The first-order valence-corrected chi connectivity index (χ1v) is 8.84. The van der Waals surface area contributed by atoms with Crippen LogP contribution in [0.4, 0.5) is 4.79 Å². The summed E-state index contributed by atoms with van der Waals surface area (Å²) in [6, 6.07) is -0.506. The summed E-state index contributed by atoms with van der Waals surface area (Å²) in [5.74, 6) is 2.42. The Morgan fingerprint density at radius 1 is 1.40 bits per heavy atom. The smallest absolute Gasteiger partial charge is 0.316 e. The summed E-state index contributed by atoms with van der Waals surface area (Å²) < 4.78 is 7.20. The molecule has 0 unspecified atom stereocenters. The molecular weight excluding hydrogens is 322 g/mol. The Morgan fingerprint density at radius 2 is 2.16 bits per heavy atom. The van der Waals surface area contributed by atoms with Gasteiger partial charge >= 0.3 is 6.03 Å². The van der Waals surface area contributed by atoms with Gasteiger partial charge in [0.25, 0.3) is 0 Å². The van der Waals surface area contributed by atoms with E-state index in [1.807, 2.05) is 14.0 Å². The van der Waals surface area contributed by atoms with Gasteiger partial charge in [0.1, 0.15) is 11.9 Å². The number of amides is 2. The van der Waals surface area contributed by atoms with Crippen molar-refractivity contribution in [1.29, 1.82) is 0 Å². The van der Waals surface area contributed by atoms with E-state index in [-0.39, 0.29) is 12.1 Å². The number of nitrogens with one attached hydrogen (secondary N) is 2. The lowest BCUT2D eigenvalue weighted by molar-refractivity contribution is 0.217. The summed E-state index contributed by atoms with van der Waals surface area (Å²) >= 11 is 0. The number of carbonyl (C=O) groups excluding carboxylic acids is 1. The average Bonchev–Trinajstić information content (AvgIpc) is 3.00. The van der Waals surface area contributed by atoms with Crippen molar-refractivity contribution in [3.05, 3.63) is 23.9 Å². The van der Waals surface area contributed by atoms with Gasteiger partial charge in [-0.3, -0.25) is 0 Å². The Morgan fingerprint density at radius 3 is 2.80 bits per heavy atom. The lowest BCUT2D eigenvalue weighted by Crippen LogP contribution is -2.49. The molecule has 2 heterocycles. The van der Waals surface area contributed by atoms with Crippen LogP contribution >= 0.6 is 0 Å². The zero-order valence-corrected chi connectivity index (χ0v) is 14.5. The number of rotatable bonds is 5. The summed E-state index contributed by atoms with van der Waals surface area (Å²) in [5.41, 5.74) is -0.541. The fourth-order valence-electron chi connectivity index (χ4n) is 3.51. The van der Waals surface area contributed by atoms with Crippen LogP contribution in [0.25, 0.3) is 0 Å². The number of urea groups is 1. The Kier molecular flexibility index (Phi) is 3.93. The Hall–Kier alpha value is -2.45. The molecule has 0 aliphatic heterocycles. The molecule has 2 aliphatic rings. The van der Waals surface area contributed by atoms with Gasteiger partial charge < -0.3 is 19.7 Å². The van der Waals surface area contributed by atoms with Crippen molar-refractivity contribution in [2.24, 2.45) is 7.05 Å². The molecular formula is C16H23N7O2. The van der Waals surface area contributed by atoms with Crippen LogP contribution < -0.4 is 10.6 Å². The first kappa shape index (κ1) is 16.0. The number of nitrogens with zero attached hydrogens (tertiary/aromatic N) is 5. The molecule has 2 fully saturated rings. The van der Waals surface area contributed by atoms with Gasteiger partial charge in [0.2, 0.25) is 5.89 Å². The van der Waals surface area contributed by atoms with Gasteiger partial charge in [-0.1, -0.05) is 18.0 Å². The normalized spacial score (nSPS) is 20.4. The summed E-state index contributed by atoms with van der Waals surface area (Å²) in [5, 5.41) is 18.1.